The van der Waals surface area contributed by atoms with Gasteiger partial charge in [0.25, 0.3) is 0 Å². The van der Waals surface area contributed by atoms with Crippen molar-refractivity contribution in [1.82, 2.24) is 34.3 Å². The highest BCUT2D eigenvalue weighted by Gasteiger charge is 2.06. The zero-order valence-corrected chi connectivity index (χ0v) is 13.6. The zero-order chi connectivity index (χ0) is 16.9. The van der Waals surface area contributed by atoms with Crippen LogP contribution in [0.5, 0.6) is 0 Å². The van der Waals surface area contributed by atoms with Crippen LogP contribution in [0.4, 0.5) is 11.6 Å². The molecule has 3 aromatic rings. The lowest BCUT2D eigenvalue weighted by molar-refractivity contribution is 0.549. The Bertz CT molecular complexity index is 846. The van der Waals surface area contributed by atoms with Gasteiger partial charge in [0.1, 0.15) is 0 Å². The molecule has 0 bridgehead atoms. The van der Waals surface area contributed by atoms with Crippen LogP contribution in [-0.4, -0.2) is 44.8 Å². The van der Waals surface area contributed by atoms with Crippen molar-refractivity contribution in [2.45, 2.75) is 6.42 Å². The maximum atomic E-state index is 10.6. The van der Waals surface area contributed by atoms with Crippen molar-refractivity contribution in [3.8, 4) is 5.82 Å². The minimum atomic E-state index is -2.00. The topological polar surface area (TPSA) is 123 Å². The largest absolute Gasteiger partial charge is 0.321 e. The molecule has 1 unspecified atom stereocenters. The standard InChI is InChI=1S/C13H16N8O2S/c1-20-9-11(7-15-20)18-13-14-4-3-12(19-13)21-8-10(6-16-21)2-5-17-24(22)23/h3-4,6-9,17H,2,5H2,1H3,(H,22,23)(H,14,18,19). The summed E-state index contributed by atoms with van der Waals surface area (Å²) in [4.78, 5) is 8.58. The highest BCUT2D eigenvalue weighted by atomic mass is 32.2. The molecule has 126 valence electrons. The first-order valence-corrected chi connectivity index (χ1v) is 8.18. The van der Waals surface area contributed by atoms with Gasteiger partial charge in [-0.1, -0.05) is 0 Å². The summed E-state index contributed by atoms with van der Waals surface area (Å²) in [5, 5.41) is 11.4. The van der Waals surface area contributed by atoms with Crippen LogP contribution >= 0.6 is 0 Å². The Labute approximate surface area is 140 Å². The van der Waals surface area contributed by atoms with Crippen molar-refractivity contribution >= 4 is 22.9 Å². The summed E-state index contributed by atoms with van der Waals surface area (Å²) in [5.41, 5.74) is 1.72. The first-order valence-electron chi connectivity index (χ1n) is 7.07. The molecule has 0 aliphatic rings. The number of aromatic nitrogens is 6. The molecule has 1 atom stereocenters. The molecule has 0 aromatic carbocycles. The summed E-state index contributed by atoms with van der Waals surface area (Å²) < 4.78 is 25.0. The summed E-state index contributed by atoms with van der Waals surface area (Å²) >= 11 is -2.00. The van der Waals surface area contributed by atoms with Crippen LogP contribution in [0.25, 0.3) is 5.82 Å². The van der Waals surface area contributed by atoms with Gasteiger partial charge in [-0.3, -0.25) is 9.23 Å². The molecule has 11 heteroatoms. The van der Waals surface area contributed by atoms with Crippen LogP contribution in [0.1, 0.15) is 5.56 Å². The Hall–Kier alpha value is -2.63. The van der Waals surface area contributed by atoms with Crippen LogP contribution in [0.3, 0.4) is 0 Å². The van der Waals surface area contributed by atoms with E-state index in [4.69, 9.17) is 4.55 Å². The van der Waals surface area contributed by atoms with Crippen molar-refractivity contribution in [2.24, 2.45) is 7.05 Å². The van der Waals surface area contributed by atoms with Crippen LogP contribution in [-0.2, 0) is 24.7 Å². The van der Waals surface area contributed by atoms with E-state index in [0.717, 1.165) is 11.3 Å². The second-order valence-electron chi connectivity index (χ2n) is 4.95. The van der Waals surface area contributed by atoms with E-state index in [0.29, 0.717) is 24.7 Å². The van der Waals surface area contributed by atoms with Crippen molar-refractivity contribution in [2.75, 3.05) is 11.9 Å². The Balaban J connectivity index is 1.69. The average molecular weight is 348 g/mol. The van der Waals surface area contributed by atoms with E-state index in [2.05, 4.69) is 30.2 Å². The van der Waals surface area contributed by atoms with E-state index in [1.807, 2.05) is 19.4 Å². The number of aryl methyl sites for hydroxylation is 1. The molecule has 3 heterocycles. The molecule has 0 saturated heterocycles. The predicted molar refractivity (Wildman–Crippen MR) is 88.1 cm³/mol. The molecule has 3 rings (SSSR count). The number of nitrogens with zero attached hydrogens (tertiary/aromatic N) is 6. The lowest BCUT2D eigenvalue weighted by atomic mass is 10.3. The molecule has 0 saturated carbocycles. The fourth-order valence-electron chi connectivity index (χ4n) is 2.05. The Morgan fingerprint density at radius 3 is 2.92 bits per heavy atom. The normalized spacial score (nSPS) is 12.2. The average Bonchev–Trinajstić information content (AvgIpc) is 3.17. The molecule has 3 aromatic heterocycles. The predicted octanol–water partition coefficient (Wildman–Crippen LogP) is 0.408. The number of rotatable bonds is 7. The van der Waals surface area contributed by atoms with Gasteiger partial charge in [-0.2, -0.15) is 15.2 Å². The highest BCUT2D eigenvalue weighted by Crippen LogP contribution is 2.13. The first kappa shape index (κ1) is 16.2. The van der Waals surface area contributed by atoms with E-state index in [1.165, 1.54) is 0 Å². The molecule has 0 aliphatic carbocycles. The van der Waals surface area contributed by atoms with E-state index in [9.17, 15) is 4.21 Å². The lowest BCUT2D eigenvalue weighted by Gasteiger charge is -2.04. The Kier molecular flexibility index (Phi) is 4.93. The third kappa shape index (κ3) is 4.22. The molecule has 0 amide bonds. The van der Waals surface area contributed by atoms with Gasteiger partial charge in [-0.25, -0.2) is 18.6 Å². The monoisotopic (exact) mass is 348 g/mol. The van der Waals surface area contributed by atoms with E-state index in [1.54, 1.807) is 34.0 Å². The number of nitrogens with one attached hydrogen (secondary N) is 2. The van der Waals surface area contributed by atoms with E-state index in [-0.39, 0.29) is 0 Å². The molecular formula is C13H16N8O2S. The van der Waals surface area contributed by atoms with Gasteiger partial charge in [-0.15, -0.1) is 0 Å². The maximum Gasteiger partial charge on any atom is 0.231 e. The fourth-order valence-corrected chi connectivity index (χ4v) is 2.33. The van der Waals surface area contributed by atoms with Gasteiger partial charge in [0.2, 0.25) is 17.2 Å². The summed E-state index contributed by atoms with van der Waals surface area (Å²) in [6, 6.07) is 1.74. The van der Waals surface area contributed by atoms with Crippen molar-refractivity contribution in [1.29, 1.82) is 0 Å². The highest BCUT2D eigenvalue weighted by molar-refractivity contribution is 7.77. The van der Waals surface area contributed by atoms with Crippen LogP contribution in [0.15, 0.2) is 37.1 Å². The summed E-state index contributed by atoms with van der Waals surface area (Å²) in [7, 11) is 1.83. The smallest absolute Gasteiger partial charge is 0.231 e. The molecule has 0 spiro atoms. The molecule has 0 fully saturated rings. The molecular weight excluding hydrogens is 332 g/mol. The first-order chi connectivity index (χ1) is 11.6. The number of hydrogen-bond donors (Lipinski definition) is 3. The van der Waals surface area contributed by atoms with Crippen molar-refractivity contribution < 1.29 is 8.76 Å². The molecule has 3 N–H and O–H groups in total. The molecule has 10 nitrogen and oxygen atoms in total. The minimum absolute atomic E-state index is 0.381. The van der Waals surface area contributed by atoms with Gasteiger partial charge in [0.05, 0.1) is 18.1 Å². The van der Waals surface area contributed by atoms with Crippen LogP contribution in [0, 0.1) is 0 Å². The van der Waals surface area contributed by atoms with Crippen molar-refractivity contribution in [3.63, 3.8) is 0 Å². The maximum absolute atomic E-state index is 10.6. The van der Waals surface area contributed by atoms with Gasteiger partial charge in [0.15, 0.2) is 5.82 Å². The van der Waals surface area contributed by atoms with Crippen LogP contribution < -0.4 is 10.0 Å². The Morgan fingerprint density at radius 2 is 2.17 bits per heavy atom. The van der Waals surface area contributed by atoms with E-state index >= 15 is 0 Å². The second kappa shape index (κ2) is 7.29. The quantitative estimate of drug-likeness (QED) is 0.528. The Morgan fingerprint density at radius 1 is 1.29 bits per heavy atom. The SMILES string of the molecule is Cn1cc(Nc2nccc(-n3cc(CCNS(=O)O)cn3)n2)cn1. The van der Waals surface area contributed by atoms with E-state index < -0.39 is 11.3 Å². The molecule has 24 heavy (non-hydrogen) atoms. The summed E-state index contributed by atoms with van der Waals surface area (Å²) in [6.07, 6.45) is 9.23. The minimum Gasteiger partial charge on any atom is -0.321 e. The molecule has 0 radical (unpaired) electrons. The lowest BCUT2D eigenvalue weighted by Crippen LogP contribution is -2.18. The van der Waals surface area contributed by atoms with Gasteiger partial charge >= 0.3 is 0 Å². The summed E-state index contributed by atoms with van der Waals surface area (Å²) in [6.45, 7) is 0.381. The van der Waals surface area contributed by atoms with Gasteiger partial charge in [-0.05, 0) is 12.0 Å². The number of anilines is 2. The zero-order valence-electron chi connectivity index (χ0n) is 12.8. The fraction of sp³-hybridized carbons (Fsp3) is 0.231. The second-order valence-corrected chi connectivity index (χ2v) is 5.74. The third-order valence-electron chi connectivity index (χ3n) is 3.11. The van der Waals surface area contributed by atoms with Gasteiger partial charge < -0.3 is 5.32 Å². The third-order valence-corrected chi connectivity index (χ3v) is 3.56. The van der Waals surface area contributed by atoms with Gasteiger partial charge in [0, 0.05) is 38.2 Å². The molecule has 0 aliphatic heterocycles. The summed E-state index contributed by atoms with van der Waals surface area (Å²) in [5.74, 6) is 1.05. The van der Waals surface area contributed by atoms with Crippen molar-refractivity contribution in [3.05, 3.63) is 42.6 Å². The van der Waals surface area contributed by atoms with Crippen LogP contribution in [0.2, 0.25) is 0 Å². The number of hydrogen-bond acceptors (Lipinski definition) is 6.